The molecule has 2 aromatic rings. The third kappa shape index (κ3) is 2.51. The van der Waals surface area contributed by atoms with Crippen LogP contribution in [0.15, 0.2) is 35.4 Å². The number of hydrogen-bond acceptors (Lipinski definition) is 2. The Kier molecular flexibility index (Phi) is 2.93. The van der Waals surface area contributed by atoms with Gasteiger partial charge in [-0.2, -0.15) is 13.2 Å². The van der Waals surface area contributed by atoms with E-state index >= 15 is 0 Å². The number of carbonyl (C=O) groups is 1. The lowest BCUT2D eigenvalue weighted by molar-refractivity contribution is -0.137. The first-order valence-electron chi connectivity index (χ1n) is 5.01. The highest BCUT2D eigenvalue weighted by Crippen LogP contribution is 2.31. The number of alkyl halides is 3. The monoisotopic (exact) mass is 272 g/mol. The number of aromatic nitrogens is 2. The molecule has 2 N–H and O–H groups in total. The molecule has 1 aromatic heterocycles. The predicted octanol–water partition coefficient (Wildman–Crippen LogP) is 1.88. The van der Waals surface area contributed by atoms with Crippen LogP contribution in [0.5, 0.6) is 0 Å². The van der Waals surface area contributed by atoms with Crippen molar-refractivity contribution in [2.24, 2.45) is 0 Å². The number of aromatic carboxylic acids is 1. The summed E-state index contributed by atoms with van der Waals surface area (Å²) in [6, 6.07) is 2.22. The summed E-state index contributed by atoms with van der Waals surface area (Å²) < 4.78 is 38.9. The van der Waals surface area contributed by atoms with Crippen molar-refractivity contribution in [3.05, 3.63) is 52.2 Å². The number of hydrogen-bond donors (Lipinski definition) is 2. The van der Waals surface area contributed by atoms with Gasteiger partial charge in [0.05, 0.1) is 16.8 Å². The molecule has 8 heteroatoms. The molecule has 0 fully saturated rings. The molecule has 0 aliphatic rings. The highest BCUT2D eigenvalue weighted by atomic mass is 19.4. The Labute approximate surface area is 103 Å². The van der Waals surface area contributed by atoms with Gasteiger partial charge in [-0.15, -0.1) is 0 Å². The lowest BCUT2D eigenvalue weighted by Gasteiger charge is -2.10. The Hall–Kier alpha value is -2.51. The van der Waals surface area contributed by atoms with Crippen molar-refractivity contribution in [2.45, 2.75) is 6.18 Å². The maximum atomic E-state index is 12.7. The van der Waals surface area contributed by atoms with Gasteiger partial charge in [-0.25, -0.2) is 9.59 Å². The standard InChI is InChI=1S/C11H7F3N2O3/c12-11(13,14)7-3-6(9(17)18)4-8(5-7)16-2-1-15-10(16)19/h1-5H,(H,15,19)(H,17,18). The molecule has 19 heavy (non-hydrogen) atoms. The Morgan fingerprint density at radius 2 is 1.95 bits per heavy atom. The van der Waals surface area contributed by atoms with Gasteiger partial charge >= 0.3 is 17.8 Å². The van der Waals surface area contributed by atoms with Gasteiger partial charge in [0, 0.05) is 12.4 Å². The molecule has 1 aromatic carbocycles. The van der Waals surface area contributed by atoms with Gasteiger partial charge in [0.1, 0.15) is 0 Å². The lowest BCUT2D eigenvalue weighted by atomic mass is 10.1. The smallest absolute Gasteiger partial charge is 0.416 e. The summed E-state index contributed by atoms with van der Waals surface area (Å²) in [6.07, 6.45) is -2.24. The SMILES string of the molecule is O=C(O)c1cc(-n2cc[nH]c2=O)cc(C(F)(F)F)c1. The number of H-pyrrole nitrogens is 1. The predicted molar refractivity (Wildman–Crippen MR) is 58.4 cm³/mol. The zero-order valence-electron chi connectivity index (χ0n) is 9.23. The number of carboxylic acid groups (broad SMARTS) is 1. The average Bonchev–Trinajstić information content (AvgIpc) is 2.73. The van der Waals surface area contributed by atoms with E-state index in [0.717, 1.165) is 10.6 Å². The third-order valence-electron chi connectivity index (χ3n) is 2.42. The van der Waals surface area contributed by atoms with Crippen LogP contribution in [0.2, 0.25) is 0 Å². The van der Waals surface area contributed by atoms with Crippen molar-refractivity contribution in [3.8, 4) is 5.69 Å². The Morgan fingerprint density at radius 1 is 1.26 bits per heavy atom. The highest BCUT2D eigenvalue weighted by molar-refractivity contribution is 5.88. The number of rotatable bonds is 2. The molecular formula is C11H7F3N2O3. The molecule has 2 rings (SSSR count). The average molecular weight is 272 g/mol. The van der Waals surface area contributed by atoms with E-state index in [2.05, 4.69) is 4.98 Å². The molecule has 100 valence electrons. The fourth-order valence-electron chi connectivity index (χ4n) is 1.56. The van der Waals surface area contributed by atoms with Gasteiger partial charge in [-0.3, -0.25) is 4.57 Å². The van der Waals surface area contributed by atoms with Gasteiger partial charge in [0.25, 0.3) is 0 Å². The normalized spacial score (nSPS) is 11.5. The maximum Gasteiger partial charge on any atom is 0.416 e. The molecule has 0 aliphatic heterocycles. The summed E-state index contributed by atoms with van der Waals surface area (Å²) >= 11 is 0. The van der Waals surface area contributed by atoms with Crippen LogP contribution < -0.4 is 5.69 Å². The van der Waals surface area contributed by atoms with Crippen LogP contribution in [0.4, 0.5) is 13.2 Å². The van der Waals surface area contributed by atoms with Crippen LogP contribution in [0, 0.1) is 0 Å². The van der Waals surface area contributed by atoms with Crippen molar-refractivity contribution in [1.82, 2.24) is 9.55 Å². The summed E-state index contributed by atoms with van der Waals surface area (Å²) in [5.41, 5.74) is -2.50. The van der Waals surface area contributed by atoms with Crippen LogP contribution in [-0.2, 0) is 6.18 Å². The van der Waals surface area contributed by atoms with Gasteiger partial charge in [-0.05, 0) is 18.2 Å². The molecule has 0 unspecified atom stereocenters. The number of nitrogens with one attached hydrogen (secondary N) is 1. The molecule has 1 heterocycles. The van der Waals surface area contributed by atoms with Crippen molar-refractivity contribution < 1.29 is 23.1 Å². The van der Waals surface area contributed by atoms with Crippen LogP contribution in [-0.4, -0.2) is 20.6 Å². The van der Waals surface area contributed by atoms with E-state index in [1.54, 1.807) is 0 Å². The zero-order valence-corrected chi connectivity index (χ0v) is 9.23. The van der Waals surface area contributed by atoms with Crippen molar-refractivity contribution >= 4 is 5.97 Å². The summed E-state index contributed by atoms with van der Waals surface area (Å²) in [4.78, 5) is 24.4. The minimum atomic E-state index is -4.69. The summed E-state index contributed by atoms with van der Waals surface area (Å²) in [5, 5.41) is 8.80. The highest BCUT2D eigenvalue weighted by Gasteiger charge is 2.32. The summed E-state index contributed by atoms with van der Waals surface area (Å²) in [6.45, 7) is 0. The lowest BCUT2D eigenvalue weighted by Crippen LogP contribution is -2.16. The van der Waals surface area contributed by atoms with E-state index in [-0.39, 0.29) is 5.69 Å². The largest absolute Gasteiger partial charge is 0.478 e. The van der Waals surface area contributed by atoms with Crippen LogP contribution in [0.3, 0.4) is 0 Å². The topological polar surface area (TPSA) is 75.1 Å². The Bertz CT molecular complexity index is 685. The number of benzene rings is 1. The Balaban J connectivity index is 2.69. The first-order valence-corrected chi connectivity index (χ1v) is 5.01. The number of imidazole rings is 1. The number of carboxylic acids is 1. The molecule has 0 amide bonds. The maximum absolute atomic E-state index is 12.7. The second kappa shape index (κ2) is 4.30. The number of aromatic amines is 1. The number of halogens is 3. The molecule has 0 saturated carbocycles. The molecular weight excluding hydrogens is 265 g/mol. The van der Waals surface area contributed by atoms with Crippen LogP contribution >= 0.6 is 0 Å². The van der Waals surface area contributed by atoms with E-state index < -0.39 is 29.0 Å². The second-order valence-electron chi connectivity index (χ2n) is 3.71. The van der Waals surface area contributed by atoms with E-state index in [9.17, 15) is 22.8 Å². The van der Waals surface area contributed by atoms with Gasteiger partial charge in [-0.1, -0.05) is 0 Å². The molecule has 0 spiro atoms. The van der Waals surface area contributed by atoms with Gasteiger partial charge in [0.2, 0.25) is 0 Å². The van der Waals surface area contributed by atoms with Gasteiger partial charge in [0.15, 0.2) is 0 Å². The molecule has 5 nitrogen and oxygen atoms in total. The minimum Gasteiger partial charge on any atom is -0.478 e. The molecule has 0 radical (unpaired) electrons. The van der Waals surface area contributed by atoms with E-state index in [4.69, 9.17) is 5.11 Å². The van der Waals surface area contributed by atoms with Crippen molar-refractivity contribution in [1.29, 1.82) is 0 Å². The number of nitrogens with zero attached hydrogens (tertiary/aromatic N) is 1. The molecule has 0 bridgehead atoms. The first kappa shape index (κ1) is 12.9. The summed E-state index contributed by atoms with van der Waals surface area (Å²) in [5.74, 6) is -1.50. The molecule has 0 atom stereocenters. The zero-order chi connectivity index (χ0) is 14.2. The molecule has 0 saturated heterocycles. The van der Waals surface area contributed by atoms with Crippen LogP contribution in [0.25, 0.3) is 5.69 Å². The molecule has 0 aliphatic carbocycles. The van der Waals surface area contributed by atoms with Gasteiger partial charge < -0.3 is 10.1 Å². The third-order valence-corrected chi connectivity index (χ3v) is 2.42. The second-order valence-corrected chi connectivity index (χ2v) is 3.71. The van der Waals surface area contributed by atoms with Crippen molar-refractivity contribution in [2.75, 3.05) is 0 Å². The quantitative estimate of drug-likeness (QED) is 0.876. The van der Waals surface area contributed by atoms with E-state index in [0.29, 0.717) is 12.1 Å². The van der Waals surface area contributed by atoms with E-state index in [1.807, 2.05) is 0 Å². The van der Waals surface area contributed by atoms with Crippen molar-refractivity contribution in [3.63, 3.8) is 0 Å². The first-order chi connectivity index (χ1) is 8.79. The van der Waals surface area contributed by atoms with E-state index in [1.165, 1.54) is 12.4 Å². The summed E-state index contributed by atoms with van der Waals surface area (Å²) in [7, 11) is 0. The Morgan fingerprint density at radius 3 is 2.42 bits per heavy atom. The fourth-order valence-corrected chi connectivity index (χ4v) is 1.56. The van der Waals surface area contributed by atoms with Crippen LogP contribution in [0.1, 0.15) is 15.9 Å². The minimum absolute atomic E-state index is 0.168. The fraction of sp³-hybridized carbons (Fsp3) is 0.0909.